The number of phenolic OH excluding ortho intramolecular Hbond substituents is 1. The van der Waals surface area contributed by atoms with Crippen LogP contribution in [0.25, 0.3) is 10.9 Å². The van der Waals surface area contributed by atoms with E-state index in [1.807, 2.05) is 11.6 Å². The number of rotatable bonds is 2. The van der Waals surface area contributed by atoms with Gasteiger partial charge in [0, 0.05) is 42.7 Å². The third kappa shape index (κ3) is 2.58. The summed E-state index contributed by atoms with van der Waals surface area (Å²) in [6.45, 7) is 0. The molecule has 5 rings (SSSR count). The van der Waals surface area contributed by atoms with Crippen molar-refractivity contribution in [3.63, 3.8) is 0 Å². The van der Waals surface area contributed by atoms with Crippen LogP contribution in [0.1, 0.15) is 30.1 Å². The Morgan fingerprint density at radius 3 is 2.59 bits per heavy atom. The molecule has 2 atom stereocenters. The lowest BCUT2D eigenvalue weighted by Gasteiger charge is -2.23. The third-order valence-electron chi connectivity index (χ3n) is 5.80. The highest BCUT2D eigenvalue weighted by Gasteiger charge is 2.36. The van der Waals surface area contributed by atoms with Gasteiger partial charge in [0.25, 0.3) is 0 Å². The fourth-order valence-corrected chi connectivity index (χ4v) is 5.92. The second-order valence-electron chi connectivity index (χ2n) is 7.27. The molecule has 2 unspecified atom stereocenters. The van der Waals surface area contributed by atoms with E-state index in [2.05, 4.69) is 5.32 Å². The Hall–Kier alpha value is -2.02. The Morgan fingerprint density at radius 2 is 1.85 bits per heavy atom. The van der Waals surface area contributed by atoms with Crippen molar-refractivity contribution in [1.82, 2.24) is 9.88 Å². The van der Waals surface area contributed by atoms with Gasteiger partial charge in [0.1, 0.15) is 5.75 Å². The van der Waals surface area contributed by atoms with E-state index in [1.165, 1.54) is 11.8 Å². The summed E-state index contributed by atoms with van der Waals surface area (Å²) >= 11 is 0. The number of benzene rings is 2. The zero-order chi connectivity index (χ0) is 18.1. The van der Waals surface area contributed by atoms with Crippen molar-refractivity contribution in [1.29, 1.82) is 0 Å². The molecule has 2 aromatic carbocycles. The first-order valence-corrected chi connectivity index (χ1v) is 10.4. The molecule has 2 aliphatic rings. The van der Waals surface area contributed by atoms with Gasteiger partial charge in [-0.1, -0.05) is 18.2 Å². The lowest BCUT2D eigenvalue weighted by atomic mass is 9.99. The van der Waals surface area contributed by atoms with Crippen LogP contribution in [-0.4, -0.2) is 24.1 Å². The normalized spacial score (nSPS) is 21.1. The maximum atomic E-state index is 13.0. The summed E-state index contributed by atoms with van der Waals surface area (Å²) in [5.74, 6) is 0.0183. The van der Waals surface area contributed by atoms with Crippen LogP contribution in [-0.2, 0) is 23.3 Å². The average Bonchev–Trinajstić information content (AvgIpc) is 3.15. The van der Waals surface area contributed by atoms with Crippen molar-refractivity contribution < 1.29 is 13.5 Å². The summed E-state index contributed by atoms with van der Waals surface area (Å²) < 4.78 is 28.1. The molecule has 142 valence electrons. The number of hydrogen-bond donors (Lipinski definition) is 2. The number of nitrogens with zero attached hydrogens (tertiary/aromatic N) is 1. The van der Waals surface area contributed by atoms with Gasteiger partial charge in [0.2, 0.25) is 9.84 Å². The zero-order valence-corrected chi connectivity index (χ0v) is 16.5. The van der Waals surface area contributed by atoms with E-state index in [0.717, 1.165) is 35.7 Å². The predicted octanol–water partition coefficient (Wildman–Crippen LogP) is 3.49. The molecule has 2 bridgehead atoms. The van der Waals surface area contributed by atoms with E-state index in [0.29, 0.717) is 6.04 Å². The highest BCUT2D eigenvalue weighted by Crippen LogP contribution is 2.44. The highest BCUT2D eigenvalue weighted by atomic mass is 35.5. The summed E-state index contributed by atoms with van der Waals surface area (Å²) in [5.41, 5.74) is 3.07. The molecule has 0 amide bonds. The number of aromatic hydroxyl groups is 1. The molecule has 0 spiro atoms. The Balaban J connectivity index is 0.00000180. The first-order chi connectivity index (χ1) is 12.5. The van der Waals surface area contributed by atoms with E-state index >= 15 is 0 Å². The van der Waals surface area contributed by atoms with Crippen molar-refractivity contribution in [3.05, 3.63) is 53.7 Å². The van der Waals surface area contributed by atoms with E-state index in [1.54, 1.807) is 36.4 Å². The summed E-state index contributed by atoms with van der Waals surface area (Å²) in [6.07, 6.45) is 3.10. The molecular weight excluding hydrogens is 384 g/mol. The molecule has 1 aromatic heterocycles. The number of halogens is 1. The second kappa shape index (κ2) is 6.26. The maximum Gasteiger partial charge on any atom is 0.206 e. The zero-order valence-electron chi connectivity index (χ0n) is 14.8. The van der Waals surface area contributed by atoms with Crippen LogP contribution >= 0.6 is 12.4 Å². The van der Waals surface area contributed by atoms with Gasteiger partial charge in [-0.2, -0.15) is 0 Å². The SMILES string of the molecule is Cl.Cn1c2c(c3cc(S(=O)(=O)c4ccccc4)cc(O)c31)C1CCC(C2)N1. The van der Waals surface area contributed by atoms with Crippen molar-refractivity contribution in [2.24, 2.45) is 7.05 Å². The second-order valence-corrected chi connectivity index (χ2v) is 9.22. The maximum absolute atomic E-state index is 13.0. The summed E-state index contributed by atoms with van der Waals surface area (Å²) in [6, 6.07) is 12.2. The molecule has 2 aliphatic heterocycles. The Kier molecular flexibility index (Phi) is 4.25. The average molecular weight is 405 g/mol. The summed E-state index contributed by atoms with van der Waals surface area (Å²) in [4.78, 5) is 0.379. The number of phenols is 1. The van der Waals surface area contributed by atoms with Gasteiger partial charge < -0.3 is 15.0 Å². The first kappa shape index (κ1) is 18.3. The largest absolute Gasteiger partial charge is 0.506 e. The molecule has 1 saturated heterocycles. The number of sulfone groups is 1. The van der Waals surface area contributed by atoms with Crippen LogP contribution in [0.4, 0.5) is 0 Å². The van der Waals surface area contributed by atoms with Crippen LogP contribution in [0.15, 0.2) is 52.3 Å². The lowest BCUT2D eigenvalue weighted by molar-refractivity contribution is 0.475. The van der Waals surface area contributed by atoms with Gasteiger partial charge in [0.15, 0.2) is 0 Å². The van der Waals surface area contributed by atoms with E-state index in [-0.39, 0.29) is 34.0 Å². The van der Waals surface area contributed by atoms with E-state index < -0.39 is 9.84 Å². The van der Waals surface area contributed by atoms with Gasteiger partial charge in [0.05, 0.1) is 15.3 Å². The Labute approximate surface area is 164 Å². The van der Waals surface area contributed by atoms with E-state index in [9.17, 15) is 13.5 Å². The quantitative estimate of drug-likeness (QED) is 0.685. The van der Waals surface area contributed by atoms with Crippen LogP contribution in [0, 0.1) is 0 Å². The van der Waals surface area contributed by atoms with Crippen molar-refractivity contribution in [3.8, 4) is 5.75 Å². The van der Waals surface area contributed by atoms with Gasteiger partial charge in [-0.25, -0.2) is 8.42 Å². The number of aryl methyl sites for hydroxylation is 1. The van der Waals surface area contributed by atoms with E-state index in [4.69, 9.17) is 0 Å². The molecule has 0 radical (unpaired) electrons. The van der Waals surface area contributed by atoms with Crippen molar-refractivity contribution in [2.75, 3.05) is 0 Å². The van der Waals surface area contributed by atoms with Crippen LogP contribution in [0.5, 0.6) is 5.75 Å². The topological polar surface area (TPSA) is 71.3 Å². The minimum absolute atomic E-state index is 0. The molecule has 2 N–H and O–H groups in total. The van der Waals surface area contributed by atoms with Crippen LogP contribution in [0.3, 0.4) is 0 Å². The molecule has 27 heavy (non-hydrogen) atoms. The Morgan fingerprint density at radius 1 is 1.11 bits per heavy atom. The smallest absolute Gasteiger partial charge is 0.206 e. The molecule has 3 aromatic rings. The third-order valence-corrected chi connectivity index (χ3v) is 7.55. The fraction of sp³-hybridized carbons (Fsp3) is 0.300. The molecule has 3 heterocycles. The van der Waals surface area contributed by atoms with Crippen molar-refractivity contribution in [2.45, 2.75) is 41.1 Å². The lowest BCUT2D eigenvalue weighted by Crippen LogP contribution is -2.32. The molecule has 7 heteroatoms. The molecule has 5 nitrogen and oxygen atoms in total. The molecule has 0 saturated carbocycles. The number of aromatic nitrogens is 1. The van der Waals surface area contributed by atoms with Gasteiger partial charge >= 0.3 is 0 Å². The highest BCUT2D eigenvalue weighted by molar-refractivity contribution is 7.91. The Bertz CT molecular complexity index is 1140. The predicted molar refractivity (Wildman–Crippen MR) is 106 cm³/mol. The standard InChI is InChI=1S/C20H20N2O3S.ClH/c1-22-17-9-12-7-8-16(21-12)19(17)15-10-14(11-18(23)20(15)22)26(24,25)13-5-3-2-4-6-13;/h2-6,10-12,16,21,23H,7-9H2,1H3;1H. The number of fused-ring (bicyclic) bond motifs is 6. The minimum Gasteiger partial charge on any atom is -0.506 e. The van der Waals surface area contributed by atoms with Gasteiger partial charge in [-0.15, -0.1) is 12.4 Å². The number of nitrogens with one attached hydrogen (secondary N) is 1. The fourth-order valence-electron chi connectivity index (χ4n) is 4.59. The van der Waals surface area contributed by atoms with Crippen LogP contribution < -0.4 is 5.32 Å². The summed E-state index contributed by atoms with van der Waals surface area (Å²) in [5, 5.41) is 15.1. The number of hydrogen-bond acceptors (Lipinski definition) is 4. The molecular formula is C20H21ClN2O3S. The van der Waals surface area contributed by atoms with Gasteiger partial charge in [-0.3, -0.25) is 0 Å². The van der Waals surface area contributed by atoms with Crippen LogP contribution in [0.2, 0.25) is 0 Å². The minimum atomic E-state index is -3.67. The van der Waals surface area contributed by atoms with Gasteiger partial charge in [-0.05, 0) is 36.6 Å². The van der Waals surface area contributed by atoms with Crippen molar-refractivity contribution >= 4 is 33.1 Å². The molecule has 1 fully saturated rings. The molecule has 0 aliphatic carbocycles. The first-order valence-electron chi connectivity index (χ1n) is 8.87. The monoisotopic (exact) mass is 404 g/mol. The summed E-state index contributed by atoms with van der Waals surface area (Å²) in [7, 11) is -1.72.